The highest BCUT2D eigenvalue weighted by molar-refractivity contribution is 9.12. The third-order valence-corrected chi connectivity index (χ3v) is 5.13. The largest absolute Gasteiger partial charge is 0.333 e. The zero-order valence-corrected chi connectivity index (χ0v) is 14.7. The number of nitrogens with two attached hydrogens (primary N) is 1. The van der Waals surface area contributed by atoms with Gasteiger partial charge in [0, 0.05) is 19.6 Å². The Morgan fingerprint density at radius 3 is 2.50 bits per heavy atom. The summed E-state index contributed by atoms with van der Waals surface area (Å²) in [6.45, 7) is 1.55. The number of carbonyl (C=O) groups is 1. The summed E-state index contributed by atoms with van der Waals surface area (Å²) in [5, 5.41) is 0. The molecule has 2 rings (SSSR count). The van der Waals surface area contributed by atoms with Crippen LogP contribution in [0.4, 0.5) is 0 Å². The maximum Gasteiger partial charge on any atom is 0.256 e. The van der Waals surface area contributed by atoms with Crippen molar-refractivity contribution < 1.29 is 4.79 Å². The van der Waals surface area contributed by atoms with Crippen molar-refractivity contribution in [3.63, 3.8) is 0 Å². The fourth-order valence-electron chi connectivity index (χ4n) is 1.87. The molecule has 1 amide bonds. The second-order valence-corrected chi connectivity index (χ2v) is 7.99. The smallest absolute Gasteiger partial charge is 0.256 e. The molecule has 1 aromatic heterocycles. The molecule has 3 nitrogen and oxygen atoms in total. The number of rotatable bonds is 5. The molecule has 0 radical (unpaired) electrons. The second-order valence-electron chi connectivity index (χ2n) is 4.24. The summed E-state index contributed by atoms with van der Waals surface area (Å²) in [6, 6.07) is 11.8. The van der Waals surface area contributed by atoms with Gasteiger partial charge in [0.25, 0.3) is 5.91 Å². The van der Waals surface area contributed by atoms with Crippen LogP contribution >= 0.6 is 43.2 Å². The number of thiophene rings is 1. The quantitative estimate of drug-likeness (QED) is 0.802. The lowest BCUT2D eigenvalue weighted by molar-refractivity contribution is 0.0748. The van der Waals surface area contributed by atoms with Gasteiger partial charge in [-0.2, -0.15) is 0 Å². The van der Waals surface area contributed by atoms with Crippen LogP contribution in [-0.4, -0.2) is 23.9 Å². The van der Waals surface area contributed by atoms with Crippen molar-refractivity contribution in [1.29, 1.82) is 0 Å². The van der Waals surface area contributed by atoms with Gasteiger partial charge in [-0.15, -0.1) is 11.3 Å². The molecule has 0 unspecified atom stereocenters. The summed E-state index contributed by atoms with van der Waals surface area (Å²) in [6.07, 6.45) is 0. The van der Waals surface area contributed by atoms with Crippen molar-refractivity contribution in [2.24, 2.45) is 5.73 Å². The summed E-state index contributed by atoms with van der Waals surface area (Å²) < 4.78 is 1.77. The molecule has 1 heterocycles. The van der Waals surface area contributed by atoms with E-state index in [2.05, 4.69) is 31.9 Å². The van der Waals surface area contributed by atoms with Crippen LogP contribution in [0.5, 0.6) is 0 Å². The number of hydrogen-bond donors (Lipinski definition) is 1. The van der Waals surface area contributed by atoms with Crippen molar-refractivity contribution in [3.8, 4) is 0 Å². The van der Waals surface area contributed by atoms with Crippen LogP contribution in [0.25, 0.3) is 0 Å². The van der Waals surface area contributed by atoms with Crippen LogP contribution in [-0.2, 0) is 6.54 Å². The third-order valence-electron chi connectivity index (χ3n) is 2.79. The SMILES string of the molecule is NCCN(Cc1ccccc1)C(=O)c1cc(Br)sc1Br. The summed E-state index contributed by atoms with van der Waals surface area (Å²) in [4.78, 5) is 14.4. The van der Waals surface area contributed by atoms with Crippen molar-refractivity contribution in [2.45, 2.75) is 6.54 Å². The highest BCUT2D eigenvalue weighted by Crippen LogP contribution is 2.32. The van der Waals surface area contributed by atoms with E-state index in [1.165, 1.54) is 11.3 Å². The van der Waals surface area contributed by atoms with E-state index < -0.39 is 0 Å². The molecular formula is C14H14Br2N2OS. The average Bonchev–Trinajstić information content (AvgIpc) is 2.77. The minimum absolute atomic E-state index is 0.00636. The van der Waals surface area contributed by atoms with Gasteiger partial charge in [-0.1, -0.05) is 30.3 Å². The molecule has 2 aromatic rings. The number of carbonyl (C=O) groups excluding carboxylic acids is 1. The molecule has 0 fully saturated rings. The van der Waals surface area contributed by atoms with E-state index in [1.54, 1.807) is 4.90 Å². The fraction of sp³-hybridized carbons (Fsp3) is 0.214. The van der Waals surface area contributed by atoms with Crippen molar-refractivity contribution in [1.82, 2.24) is 4.90 Å². The van der Waals surface area contributed by atoms with E-state index in [4.69, 9.17) is 5.73 Å². The predicted octanol–water partition coefficient (Wildman–Crippen LogP) is 3.87. The number of amides is 1. The molecule has 106 valence electrons. The van der Waals surface area contributed by atoms with Gasteiger partial charge in [-0.05, 0) is 43.5 Å². The summed E-state index contributed by atoms with van der Waals surface area (Å²) in [5.41, 5.74) is 7.40. The Morgan fingerprint density at radius 1 is 1.25 bits per heavy atom. The van der Waals surface area contributed by atoms with Crippen LogP contribution < -0.4 is 5.73 Å². The first-order valence-electron chi connectivity index (χ1n) is 6.10. The Kier molecular flexibility index (Phi) is 5.77. The van der Waals surface area contributed by atoms with Gasteiger partial charge in [0.2, 0.25) is 0 Å². The molecule has 0 atom stereocenters. The molecular weight excluding hydrogens is 404 g/mol. The molecule has 0 aliphatic carbocycles. The monoisotopic (exact) mass is 416 g/mol. The number of benzene rings is 1. The molecule has 0 saturated carbocycles. The molecule has 0 aliphatic heterocycles. The molecule has 1 aromatic carbocycles. The van der Waals surface area contributed by atoms with Crippen LogP contribution in [0.1, 0.15) is 15.9 Å². The normalized spacial score (nSPS) is 10.6. The van der Waals surface area contributed by atoms with Gasteiger partial charge in [0.15, 0.2) is 0 Å². The Balaban J connectivity index is 2.20. The predicted molar refractivity (Wildman–Crippen MR) is 90.0 cm³/mol. The van der Waals surface area contributed by atoms with Crippen LogP contribution in [0, 0.1) is 0 Å². The first-order valence-corrected chi connectivity index (χ1v) is 8.50. The topological polar surface area (TPSA) is 46.3 Å². The first-order chi connectivity index (χ1) is 9.61. The van der Waals surface area contributed by atoms with Crippen molar-refractivity contribution in [2.75, 3.05) is 13.1 Å². The van der Waals surface area contributed by atoms with E-state index in [-0.39, 0.29) is 5.91 Å². The van der Waals surface area contributed by atoms with Crippen LogP contribution in [0.2, 0.25) is 0 Å². The molecule has 6 heteroatoms. The van der Waals surface area contributed by atoms with Crippen LogP contribution in [0.15, 0.2) is 44.0 Å². The molecule has 0 bridgehead atoms. The van der Waals surface area contributed by atoms with E-state index in [0.29, 0.717) is 25.2 Å². The summed E-state index contributed by atoms with van der Waals surface area (Å²) in [7, 11) is 0. The highest BCUT2D eigenvalue weighted by Gasteiger charge is 2.20. The van der Waals surface area contributed by atoms with Gasteiger partial charge in [-0.3, -0.25) is 4.79 Å². The van der Waals surface area contributed by atoms with Gasteiger partial charge in [0.1, 0.15) is 0 Å². The average molecular weight is 418 g/mol. The Labute approximate surface area is 139 Å². The first kappa shape index (κ1) is 15.7. The molecule has 20 heavy (non-hydrogen) atoms. The highest BCUT2D eigenvalue weighted by atomic mass is 79.9. The Hall–Kier alpha value is -0.690. The minimum Gasteiger partial charge on any atom is -0.333 e. The van der Waals surface area contributed by atoms with E-state index in [9.17, 15) is 4.79 Å². The third kappa shape index (κ3) is 3.91. The molecule has 0 spiro atoms. The standard InChI is InChI=1S/C14H14Br2N2OS/c15-12-8-11(13(16)20-12)14(19)18(7-6-17)9-10-4-2-1-3-5-10/h1-5,8H,6-7,9,17H2. The van der Waals surface area contributed by atoms with E-state index >= 15 is 0 Å². The lowest BCUT2D eigenvalue weighted by Gasteiger charge is -2.22. The zero-order valence-electron chi connectivity index (χ0n) is 10.7. The maximum atomic E-state index is 12.6. The van der Waals surface area contributed by atoms with Crippen LogP contribution in [0.3, 0.4) is 0 Å². The number of halogens is 2. The van der Waals surface area contributed by atoms with Gasteiger partial charge in [-0.25, -0.2) is 0 Å². The van der Waals surface area contributed by atoms with Gasteiger partial charge < -0.3 is 10.6 Å². The number of hydrogen-bond acceptors (Lipinski definition) is 3. The molecule has 2 N–H and O–H groups in total. The molecule has 0 aliphatic rings. The van der Waals surface area contributed by atoms with E-state index in [0.717, 1.165) is 13.1 Å². The van der Waals surface area contributed by atoms with Crippen molar-refractivity contribution >= 4 is 49.1 Å². The lowest BCUT2D eigenvalue weighted by Crippen LogP contribution is -2.34. The summed E-state index contributed by atoms with van der Waals surface area (Å²) >= 11 is 8.33. The van der Waals surface area contributed by atoms with Gasteiger partial charge >= 0.3 is 0 Å². The van der Waals surface area contributed by atoms with Crippen molar-refractivity contribution in [3.05, 3.63) is 55.1 Å². The Morgan fingerprint density at radius 2 is 1.95 bits per heavy atom. The Bertz CT molecular complexity index is 586. The van der Waals surface area contributed by atoms with Gasteiger partial charge in [0.05, 0.1) is 13.1 Å². The lowest BCUT2D eigenvalue weighted by atomic mass is 10.2. The number of nitrogens with zero attached hydrogens (tertiary/aromatic N) is 1. The zero-order chi connectivity index (χ0) is 14.5. The molecule has 0 saturated heterocycles. The second kappa shape index (κ2) is 7.36. The fourth-order valence-corrected chi connectivity index (χ4v) is 4.65. The summed E-state index contributed by atoms with van der Waals surface area (Å²) in [5.74, 6) is -0.00636. The van der Waals surface area contributed by atoms with E-state index in [1.807, 2.05) is 36.4 Å². The minimum atomic E-state index is -0.00636. The maximum absolute atomic E-state index is 12.6.